The lowest BCUT2D eigenvalue weighted by Gasteiger charge is -2.42. The first kappa shape index (κ1) is 24.2. The van der Waals surface area contributed by atoms with E-state index in [-0.39, 0.29) is 23.9 Å². The predicted molar refractivity (Wildman–Crippen MR) is 128 cm³/mol. The van der Waals surface area contributed by atoms with Crippen LogP contribution in [0.3, 0.4) is 0 Å². The molecule has 10 heteroatoms. The molecule has 3 saturated heterocycles. The summed E-state index contributed by atoms with van der Waals surface area (Å²) in [5.41, 5.74) is 1.34. The zero-order valence-electron chi connectivity index (χ0n) is 20.2. The van der Waals surface area contributed by atoms with Crippen molar-refractivity contribution in [3.63, 3.8) is 0 Å². The molecule has 2 aromatic rings. The van der Waals surface area contributed by atoms with Crippen LogP contribution in [0.25, 0.3) is 0 Å². The van der Waals surface area contributed by atoms with E-state index in [2.05, 4.69) is 10.00 Å². The van der Waals surface area contributed by atoms with Crippen molar-refractivity contribution in [2.45, 2.75) is 81.8 Å². The second-order valence-corrected chi connectivity index (χ2v) is 11.0. The summed E-state index contributed by atoms with van der Waals surface area (Å²) in [5, 5.41) is 4.83. The van der Waals surface area contributed by atoms with Gasteiger partial charge in [-0.1, -0.05) is 29.8 Å². The van der Waals surface area contributed by atoms with E-state index in [0.717, 1.165) is 54.0 Å². The Morgan fingerprint density at radius 3 is 2.53 bits per heavy atom. The van der Waals surface area contributed by atoms with Gasteiger partial charge in [0.15, 0.2) is 0 Å². The Morgan fingerprint density at radius 2 is 1.86 bits per heavy atom. The summed E-state index contributed by atoms with van der Waals surface area (Å²) >= 11 is 6.78. The van der Waals surface area contributed by atoms with Crippen molar-refractivity contribution in [3.05, 3.63) is 51.8 Å². The molecule has 4 aliphatic rings. The number of hydrogen-bond donors (Lipinski definition) is 0. The fourth-order valence-corrected chi connectivity index (χ4v) is 6.66. The molecule has 2 bridgehead atoms. The van der Waals surface area contributed by atoms with Crippen LogP contribution in [-0.4, -0.2) is 63.4 Å². The summed E-state index contributed by atoms with van der Waals surface area (Å²) in [6, 6.07) is 7.20. The van der Waals surface area contributed by atoms with Gasteiger partial charge in [-0.05, 0) is 56.2 Å². The van der Waals surface area contributed by atoms with E-state index in [1.165, 1.54) is 0 Å². The lowest BCUT2D eigenvalue weighted by atomic mass is 9.95. The van der Waals surface area contributed by atoms with Crippen LogP contribution >= 0.6 is 11.6 Å². The number of aryl methyl sites for hydroxylation is 1. The quantitative estimate of drug-likeness (QED) is 0.558. The highest BCUT2D eigenvalue weighted by Crippen LogP contribution is 2.45. The van der Waals surface area contributed by atoms with Crippen LogP contribution in [0.1, 0.15) is 66.6 Å². The highest BCUT2D eigenvalue weighted by molar-refractivity contribution is 6.32. The minimum atomic E-state index is -4.57. The molecule has 4 fully saturated rings. The van der Waals surface area contributed by atoms with Gasteiger partial charge in [0.2, 0.25) is 5.91 Å². The Hall–Kier alpha value is -2.10. The van der Waals surface area contributed by atoms with Crippen molar-refractivity contribution in [2.24, 2.45) is 0 Å². The van der Waals surface area contributed by atoms with Gasteiger partial charge < -0.3 is 9.64 Å². The fraction of sp³-hybridized carbons (Fsp3) is 0.615. The zero-order valence-corrected chi connectivity index (χ0v) is 20.9. The fourth-order valence-electron chi connectivity index (χ4n) is 6.43. The summed E-state index contributed by atoms with van der Waals surface area (Å²) in [6.07, 6.45) is -0.0463. The van der Waals surface area contributed by atoms with Crippen molar-refractivity contribution in [3.8, 4) is 0 Å². The van der Waals surface area contributed by atoms with Gasteiger partial charge in [0.1, 0.15) is 12.2 Å². The SMILES string of the molecule is Cc1cccc([C@@H]2[C@H](N3C4CCC3COC4)CCN2C(=O)Cn2nc(C3CC3)cc2C(F)(F)F)c1Cl. The number of alkyl halides is 3. The predicted octanol–water partition coefficient (Wildman–Crippen LogP) is 4.95. The molecule has 0 radical (unpaired) electrons. The van der Waals surface area contributed by atoms with Crippen LogP contribution in [0, 0.1) is 6.92 Å². The number of carbonyl (C=O) groups excluding carboxylic acids is 1. The number of fused-ring (bicyclic) bond motifs is 2. The average Bonchev–Trinajstić information content (AvgIpc) is 3.36. The first-order valence-corrected chi connectivity index (χ1v) is 13.1. The van der Waals surface area contributed by atoms with Gasteiger partial charge in [0.05, 0.1) is 24.9 Å². The van der Waals surface area contributed by atoms with Gasteiger partial charge in [-0.25, -0.2) is 0 Å². The number of halogens is 4. The summed E-state index contributed by atoms with van der Waals surface area (Å²) in [6.45, 7) is 3.29. The molecule has 4 heterocycles. The molecule has 1 aliphatic carbocycles. The number of nitrogens with zero attached hydrogens (tertiary/aromatic N) is 4. The monoisotopic (exact) mass is 522 g/mol. The minimum Gasteiger partial charge on any atom is -0.378 e. The van der Waals surface area contributed by atoms with Gasteiger partial charge in [-0.2, -0.15) is 18.3 Å². The third-order valence-electron chi connectivity index (χ3n) is 8.28. The molecule has 1 saturated carbocycles. The molecule has 1 aromatic carbocycles. The molecule has 3 aliphatic heterocycles. The highest BCUT2D eigenvalue weighted by atomic mass is 35.5. The van der Waals surface area contributed by atoms with Crippen LogP contribution in [-0.2, 0) is 22.3 Å². The van der Waals surface area contributed by atoms with E-state index >= 15 is 0 Å². The first-order valence-electron chi connectivity index (χ1n) is 12.8. The molecule has 6 rings (SSSR count). The Balaban J connectivity index is 1.33. The van der Waals surface area contributed by atoms with Crippen molar-refractivity contribution in [1.82, 2.24) is 19.6 Å². The van der Waals surface area contributed by atoms with E-state index in [1.54, 1.807) is 4.90 Å². The number of rotatable bonds is 5. The molecular weight excluding hydrogens is 493 g/mol. The molecule has 1 aromatic heterocycles. The van der Waals surface area contributed by atoms with Crippen molar-refractivity contribution < 1.29 is 22.7 Å². The van der Waals surface area contributed by atoms with E-state index < -0.39 is 18.4 Å². The van der Waals surface area contributed by atoms with E-state index in [9.17, 15) is 18.0 Å². The number of morpholine rings is 1. The maximum atomic E-state index is 13.8. The lowest BCUT2D eigenvalue weighted by Crippen LogP contribution is -2.53. The molecule has 194 valence electrons. The third kappa shape index (κ3) is 4.23. The third-order valence-corrected chi connectivity index (χ3v) is 8.79. The van der Waals surface area contributed by atoms with Crippen molar-refractivity contribution >= 4 is 17.5 Å². The minimum absolute atomic E-state index is 0.0383. The van der Waals surface area contributed by atoms with Gasteiger partial charge >= 0.3 is 6.18 Å². The van der Waals surface area contributed by atoms with Crippen LogP contribution in [0.4, 0.5) is 13.2 Å². The average molecular weight is 523 g/mol. The van der Waals surface area contributed by atoms with Gasteiger partial charge in [-0.3, -0.25) is 14.4 Å². The molecule has 1 amide bonds. The van der Waals surface area contributed by atoms with Crippen LogP contribution in [0.15, 0.2) is 24.3 Å². The number of amides is 1. The Kier molecular flexibility index (Phi) is 6.08. The smallest absolute Gasteiger partial charge is 0.378 e. The molecule has 4 atom stereocenters. The second-order valence-electron chi connectivity index (χ2n) is 10.6. The second kappa shape index (κ2) is 9.03. The Morgan fingerprint density at radius 1 is 1.14 bits per heavy atom. The van der Waals surface area contributed by atoms with Gasteiger partial charge in [0.25, 0.3) is 0 Å². The Labute approximate surface area is 213 Å². The lowest BCUT2D eigenvalue weighted by molar-refractivity contribution is -0.146. The summed E-state index contributed by atoms with van der Waals surface area (Å²) in [4.78, 5) is 17.9. The van der Waals surface area contributed by atoms with E-state index in [1.807, 2.05) is 25.1 Å². The standard InChI is InChI=1S/C26H30ClF3N4O2/c1-15-3-2-4-19(24(15)27)25-21(34-17-7-8-18(34)14-36-13-17)9-10-32(25)23(35)12-33-22(26(28,29)30)11-20(31-33)16-5-6-16/h2-4,11,16-18,21,25H,5-10,12-14H2,1H3/t17?,18?,21-,25-/m1/s1. The number of ether oxygens (including phenoxy) is 1. The molecular formula is C26H30ClF3N4O2. The number of benzene rings is 1. The van der Waals surface area contributed by atoms with Crippen molar-refractivity contribution in [1.29, 1.82) is 0 Å². The summed E-state index contributed by atoms with van der Waals surface area (Å²) in [7, 11) is 0. The number of hydrogen-bond acceptors (Lipinski definition) is 4. The largest absolute Gasteiger partial charge is 0.433 e. The molecule has 6 nitrogen and oxygen atoms in total. The Bertz CT molecular complexity index is 1150. The molecule has 0 spiro atoms. The van der Waals surface area contributed by atoms with Crippen LogP contribution in [0.2, 0.25) is 5.02 Å². The zero-order chi connectivity index (χ0) is 25.2. The van der Waals surface area contributed by atoms with Gasteiger partial charge in [-0.15, -0.1) is 0 Å². The van der Waals surface area contributed by atoms with Crippen molar-refractivity contribution in [2.75, 3.05) is 19.8 Å². The normalized spacial score (nSPS) is 28.8. The summed E-state index contributed by atoms with van der Waals surface area (Å²) in [5.74, 6) is -0.300. The van der Waals surface area contributed by atoms with Crippen LogP contribution in [0.5, 0.6) is 0 Å². The van der Waals surface area contributed by atoms with E-state index in [0.29, 0.717) is 42.6 Å². The first-order chi connectivity index (χ1) is 17.2. The van der Waals surface area contributed by atoms with Crippen LogP contribution < -0.4 is 0 Å². The molecule has 36 heavy (non-hydrogen) atoms. The maximum absolute atomic E-state index is 13.8. The van der Waals surface area contributed by atoms with E-state index in [4.69, 9.17) is 16.3 Å². The summed E-state index contributed by atoms with van der Waals surface area (Å²) < 4.78 is 48.0. The molecule has 2 unspecified atom stereocenters. The number of aromatic nitrogens is 2. The number of likely N-dealkylation sites (tertiary alicyclic amines) is 1. The number of carbonyl (C=O) groups is 1. The van der Waals surface area contributed by atoms with Gasteiger partial charge in [0, 0.05) is 35.6 Å². The molecule has 0 N–H and O–H groups in total. The topological polar surface area (TPSA) is 50.6 Å². The highest BCUT2D eigenvalue weighted by Gasteiger charge is 2.49. The maximum Gasteiger partial charge on any atom is 0.433 e.